The van der Waals surface area contributed by atoms with Crippen LogP contribution < -0.4 is 0 Å². The second-order valence-electron chi connectivity index (χ2n) is 4.70. The Bertz CT molecular complexity index is 274. The van der Waals surface area contributed by atoms with Gasteiger partial charge in [0.25, 0.3) is 0 Å². The first kappa shape index (κ1) is 15.5. The fourth-order valence-corrected chi connectivity index (χ4v) is 2.14. The lowest BCUT2D eigenvalue weighted by Gasteiger charge is -2.04. The van der Waals surface area contributed by atoms with E-state index in [0.717, 1.165) is 19.1 Å². The van der Waals surface area contributed by atoms with Crippen molar-refractivity contribution in [2.45, 2.75) is 51.6 Å². The number of alkyl halides is 1. The van der Waals surface area contributed by atoms with Crippen LogP contribution in [0.1, 0.15) is 50.5 Å². The summed E-state index contributed by atoms with van der Waals surface area (Å²) in [6.45, 7) is 1.63. The molecule has 0 aliphatic heterocycles. The van der Waals surface area contributed by atoms with Crippen molar-refractivity contribution in [1.82, 2.24) is 0 Å². The second-order valence-corrected chi connectivity index (χ2v) is 5.08. The highest BCUT2D eigenvalue weighted by Crippen LogP contribution is 2.08. The van der Waals surface area contributed by atoms with Crippen LogP contribution >= 0.6 is 11.6 Å². The summed E-state index contributed by atoms with van der Waals surface area (Å²) < 4.78 is 5.65. The zero-order valence-electron chi connectivity index (χ0n) is 11.2. The highest BCUT2D eigenvalue weighted by molar-refractivity contribution is 6.17. The first-order valence-corrected chi connectivity index (χ1v) is 7.64. The van der Waals surface area contributed by atoms with Gasteiger partial charge in [0.2, 0.25) is 0 Å². The Hall–Kier alpha value is -0.530. The molecule has 0 radical (unpaired) electrons. The molecule has 0 aromatic heterocycles. The van der Waals surface area contributed by atoms with Crippen LogP contribution in [0.4, 0.5) is 0 Å². The quantitative estimate of drug-likeness (QED) is 0.397. The number of benzene rings is 1. The topological polar surface area (TPSA) is 9.23 Å². The van der Waals surface area contributed by atoms with Gasteiger partial charge in [0.1, 0.15) is 0 Å². The number of ether oxygens (including phenoxy) is 1. The van der Waals surface area contributed by atoms with E-state index < -0.39 is 0 Å². The molecule has 2 heteroatoms. The van der Waals surface area contributed by atoms with E-state index in [-0.39, 0.29) is 0 Å². The zero-order chi connectivity index (χ0) is 12.9. The molecule has 0 bridgehead atoms. The van der Waals surface area contributed by atoms with Crippen LogP contribution in [0.2, 0.25) is 0 Å². The van der Waals surface area contributed by atoms with Crippen molar-refractivity contribution in [2.24, 2.45) is 0 Å². The fourth-order valence-electron chi connectivity index (χ4n) is 1.95. The van der Waals surface area contributed by atoms with Gasteiger partial charge in [-0.25, -0.2) is 0 Å². The van der Waals surface area contributed by atoms with Crippen molar-refractivity contribution in [3.8, 4) is 0 Å². The van der Waals surface area contributed by atoms with Gasteiger partial charge in [0.05, 0.1) is 6.61 Å². The van der Waals surface area contributed by atoms with E-state index in [0.29, 0.717) is 0 Å². The van der Waals surface area contributed by atoms with Crippen molar-refractivity contribution >= 4 is 11.6 Å². The van der Waals surface area contributed by atoms with Gasteiger partial charge in [-0.3, -0.25) is 0 Å². The van der Waals surface area contributed by atoms with Crippen LogP contribution in [0.3, 0.4) is 0 Å². The average Bonchev–Trinajstić information content (AvgIpc) is 2.42. The molecule has 0 saturated heterocycles. The lowest BCUT2D eigenvalue weighted by Crippen LogP contribution is -1.95. The van der Waals surface area contributed by atoms with E-state index in [1.165, 1.54) is 50.5 Å². The van der Waals surface area contributed by atoms with Crippen LogP contribution in [0.25, 0.3) is 0 Å². The Labute approximate surface area is 116 Å². The Morgan fingerprint density at radius 3 is 2.06 bits per heavy atom. The largest absolute Gasteiger partial charge is 0.377 e. The Morgan fingerprint density at radius 1 is 0.778 bits per heavy atom. The van der Waals surface area contributed by atoms with E-state index in [9.17, 15) is 0 Å². The van der Waals surface area contributed by atoms with E-state index in [4.69, 9.17) is 16.3 Å². The summed E-state index contributed by atoms with van der Waals surface area (Å²) in [4.78, 5) is 0. The molecule has 0 aliphatic rings. The highest BCUT2D eigenvalue weighted by Gasteiger charge is 1.93. The minimum absolute atomic E-state index is 0.747. The van der Waals surface area contributed by atoms with Crippen molar-refractivity contribution in [3.05, 3.63) is 35.9 Å². The normalized spacial score (nSPS) is 10.7. The monoisotopic (exact) mass is 268 g/mol. The van der Waals surface area contributed by atoms with Gasteiger partial charge in [0, 0.05) is 12.5 Å². The Morgan fingerprint density at radius 2 is 1.39 bits per heavy atom. The molecule has 0 unspecified atom stereocenters. The molecule has 0 atom stereocenters. The van der Waals surface area contributed by atoms with E-state index in [1.807, 2.05) is 6.07 Å². The first-order chi connectivity index (χ1) is 8.93. The van der Waals surface area contributed by atoms with Gasteiger partial charge < -0.3 is 4.74 Å². The minimum Gasteiger partial charge on any atom is -0.377 e. The van der Waals surface area contributed by atoms with E-state index >= 15 is 0 Å². The lowest BCUT2D eigenvalue weighted by molar-refractivity contribution is 0.116. The van der Waals surface area contributed by atoms with Crippen LogP contribution in [0.15, 0.2) is 30.3 Å². The van der Waals surface area contributed by atoms with E-state index in [2.05, 4.69) is 24.3 Å². The van der Waals surface area contributed by atoms with Crippen molar-refractivity contribution in [2.75, 3.05) is 12.5 Å². The summed E-state index contributed by atoms with van der Waals surface area (Å²) in [7, 11) is 0. The minimum atomic E-state index is 0.747. The first-order valence-electron chi connectivity index (χ1n) is 7.11. The summed E-state index contributed by atoms with van der Waals surface area (Å²) >= 11 is 5.63. The fraction of sp³-hybridized carbons (Fsp3) is 0.625. The molecule has 0 saturated carbocycles. The molecule has 18 heavy (non-hydrogen) atoms. The van der Waals surface area contributed by atoms with Crippen LogP contribution in [-0.4, -0.2) is 12.5 Å². The van der Waals surface area contributed by atoms with Crippen LogP contribution in [-0.2, 0) is 11.3 Å². The summed E-state index contributed by atoms with van der Waals surface area (Å²) in [5, 5.41) is 0. The third-order valence-corrected chi connectivity index (χ3v) is 3.30. The number of halogens is 1. The van der Waals surface area contributed by atoms with Gasteiger partial charge in [-0.2, -0.15) is 0 Å². The molecule has 0 amide bonds. The number of rotatable bonds is 11. The van der Waals surface area contributed by atoms with Crippen LogP contribution in [0.5, 0.6) is 0 Å². The molecular formula is C16H25ClO. The molecule has 102 valence electrons. The molecule has 0 fully saturated rings. The predicted molar refractivity (Wildman–Crippen MR) is 79.1 cm³/mol. The number of hydrogen-bond donors (Lipinski definition) is 0. The highest BCUT2D eigenvalue weighted by atomic mass is 35.5. The summed E-state index contributed by atoms with van der Waals surface area (Å²) in [6, 6.07) is 10.4. The maximum Gasteiger partial charge on any atom is 0.0716 e. The van der Waals surface area contributed by atoms with Crippen molar-refractivity contribution in [1.29, 1.82) is 0 Å². The molecular weight excluding hydrogens is 244 g/mol. The average molecular weight is 269 g/mol. The molecule has 0 spiro atoms. The van der Waals surface area contributed by atoms with Gasteiger partial charge in [-0.1, -0.05) is 62.4 Å². The van der Waals surface area contributed by atoms with Crippen molar-refractivity contribution < 1.29 is 4.74 Å². The standard InChI is InChI=1S/C16H25ClO/c17-13-9-4-2-1-3-5-10-14-18-15-16-11-7-6-8-12-16/h6-8,11-12H,1-5,9-10,13-15H2. The molecule has 0 heterocycles. The summed E-state index contributed by atoms with van der Waals surface area (Å²) in [5.74, 6) is 0.813. The van der Waals surface area contributed by atoms with Gasteiger partial charge >= 0.3 is 0 Å². The van der Waals surface area contributed by atoms with Gasteiger partial charge in [-0.05, 0) is 18.4 Å². The third kappa shape index (κ3) is 8.54. The van der Waals surface area contributed by atoms with Crippen LogP contribution in [0, 0.1) is 0 Å². The third-order valence-electron chi connectivity index (χ3n) is 3.03. The van der Waals surface area contributed by atoms with Gasteiger partial charge in [0.15, 0.2) is 0 Å². The van der Waals surface area contributed by atoms with E-state index in [1.54, 1.807) is 0 Å². The molecule has 0 aliphatic carbocycles. The molecule has 1 nitrogen and oxygen atoms in total. The Kier molecular flexibility index (Phi) is 9.97. The number of hydrogen-bond acceptors (Lipinski definition) is 1. The zero-order valence-corrected chi connectivity index (χ0v) is 12.0. The summed E-state index contributed by atoms with van der Waals surface area (Å²) in [6.07, 6.45) is 8.93. The maximum atomic E-state index is 5.65. The SMILES string of the molecule is ClCCCCCCCCCOCc1ccccc1. The molecule has 1 aromatic carbocycles. The maximum absolute atomic E-state index is 5.65. The molecule has 1 rings (SSSR count). The van der Waals surface area contributed by atoms with Gasteiger partial charge in [-0.15, -0.1) is 11.6 Å². The molecule has 1 aromatic rings. The lowest BCUT2D eigenvalue weighted by atomic mass is 10.1. The molecule has 0 N–H and O–H groups in total. The predicted octanol–water partition coefficient (Wildman–Crippen LogP) is 5.17. The Balaban J connectivity index is 1.82. The second kappa shape index (κ2) is 11.6. The van der Waals surface area contributed by atoms with Crippen molar-refractivity contribution in [3.63, 3.8) is 0 Å². The smallest absolute Gasteiger partial charge is 0.0716 e. The number of unbranched alkanes of at least 4 members (excludes halogenated alkanes) is 6. The summed E-state index contributed by atoms with van der Waals surface area (Å²) in [5.41, 5.74) is 1.26.